The van der Waals surface area contributed by atoms with E-state index in [1.54, 1.807) is 0 Å². The minimum atomic E-state index is 0.675. The van der Waals surface area contributed by atoms with Crippen molar-refractivity contribution in [2.24, 2.45) is 0 Å². The van der Waals surface area contributed by atoms with Gasteiger partial charge in [-0.25, -0.2) is 4.98 Å². The van der Waals surface area contributed by atoms with Gasteiger partial charge in [0.05, 0.1) is 17.1 Å². The van der Waals surface area contributed by atoms with E-state index in [2.05, 4.69) is 47.9 Å². The number of hydrogen-bond acceptors (Lipinski definition) is 3. The first-order valence-corrected chi connectivity index (χ1v) is 8.02. The Balaban J connectivity index is 1.91. The Morgan fingerprint density at radius 2 is 1.96 bits per heavy atom. The lowest BCUT2D eigenvalue weighted by Crippen LogP contribution is -2.13. The van der Waals surface area contributed by atoms with Crippen molar-refractivity contribution in [3.8, 4) is 0 Å². The molecular weight excluding hydrogens is 308 g/mol. The van der Waals surface area contributed by atoms with Crippen LogP contribution in [0.15, 0.2) is 42.6 Å². The Labute approximate surface area is 141 Å². The highest BCUT2D eigenvalue weighted by atomic mass is 35.5. The Morgan fingerprint density at radius 3 is 2.70 bits per heavy atom. The van der Waals surface area contributed by atoms with Crippen molar-refractivity contribution in [3.63, 3.8) is 0 Å². The second kappa shape index (κ2) is 6.60. The molecule has 0 spiro atoms. The van der Waals surface area contributed by atoms with Crippen molar-refractivity contribution in [1.29, 1.82) is 0 Å². The molecule has 120 valence electrons. The molecule has 2 aromatic heterocycles. The van der Waals surface area contributed by atoms with Crippen LogP contribution in [0.1, 0.15) is 17.0 Å². The van der Waals surface area contributed by atoms with Gasteiger partial charge in [0.15, 0.2) is 5.65 Å². The van der Waals surface area contributed by atoms with Gasteiger partial charge in [0.25, 0.3) is 0 Å². The minimum absolute atomic E-state index is 0.675. The third kappa shape index (κ3) is 3.33. The van der Waals surface area contributed by atoms with E-state index < -0.39 is 0 Å². The molecule has 0 saturated carbocycles. The summed E-state index contributed by atoms with van der Waals surface area (Å²) in [4.78, 5) is 6.89. The number of rotatable bonds is 5. The first kappa shape index (κ1) is 15.8. The van der Waals surface area contributed by atoms with Gasteiger partial charge >= 0.3 is 0 Å². The molecule has 3 aromatic rings. The Hall–Kier alpha value is -2.04. The fraction of sp³-hybridized carbons (Fsp3) is 0.278. The highest BCUT2D eigenvalue weighted by molar-refractivity contribution is 6.31. The lowest BCUT2D eigenvalue weighted by Gasteiger charge is -2.12. The number of anilines is 1. The summed E-state index contributed by atoms with van der Waals surface area (Å²) < 4.78 is 2.16. The van der Waals surface area contributed by atoms with Crippen LogP contribution in [0.25, 0.3) is 5.65 Å². The van der Waals surface area contributed by atoms with Crippen LogP contribution in [0.4, 0.5) is 5.69 Å². The largest absolute Gasteiger partial charge is 0.378 e. The molecule has 0 aliphatic carbocycles. The Bertz CT molecular complexity index is 823. The normalized spacial score (nSPS) is 11.3. The van der Waals surface area contributed by atoms with Gasteiger partial charge in [-0.2, -0.15) is 0 Å². The van der Waals surface area contributed by atoms with E-state index in [0.717, 1.165) is 34.2 Å². The summed E-state index contributed by atoms with van der Waals surface area (Å²) in [5.74, 6) is 0. The van der Waals surface area contributed by atoms with Gasteiger partial charge in [-0.05, 0) is 44.8 Å². The van der Waals surface area contributed by atoms with Crippen molar-refractivity contribution in [2.75, 3.05) is 19.4 Å². The van der Waals surface area contributed by atoms with E-state index in [0.29, 0.717) is 6.54 Å². The molecule has 0 atom stereocenters. The second-order valence-corrected chi connectivity index (χ2v) is 6.35. The summed E-state index contributed by atoms with van der Waals surface area (Å²) >= 11 is 6.23. The number of aryl methyl sites for hydroxylation is 1. The first-order valence-electron chi connectivity index (χ1n) is 7.65. The predicted molar refractivity (Wildman–Crippen MR) is 96.1 cm³/mol. The number of nitrogens with zero attached hydrogens (tertiary/aromatic N) is 3. The molecule has 1 aromatic carbocycles. The van der Waals surface area contributed by atoms with Crippen LogP contribution in [0.3, 0.4) is 0 Å². The molecule has 2 heterocycles. The molecular formula is C18H21ClN4. The number of pyridine rings is 1. The number of imidazole rings is 1. The molecule has 0 unspecified atom stereocenters. The molecule has 0 saturated heterocycles. The van der Waals surface area contributed by atoms with E-state index in [4.69, 9.17) is 16.6 Å². The molecule has 3 rings (SSSR count). The van der Waals surface area contributed by atoms with Crippen LogP contribution in [0, 0.1) is 6.92 Å². The van der Waals surface area contributed by atoms with Gasteiger partial charge in [-0.3, -0.25) is 0 Å². The Kier molecular flexibility index (Phi) is 4.55. The molecule has 0 radical (unpaired) electrons. The van der Waals surface area contributed by atoms with Crippen molar-refractivity contribution in [2.45, 2.75) is 20.0 Å². The molecule has 0 aliphatic rings. The summed E-state index contributed by atoms with van der Waals surface area (Å²) in [6.07, 6.45) is 2.06. The van der Waals surface area contributed by atoms with Crippen molar-refractivity contribution in [1.82, 2.24) is 14.3 Å². The average Bonchev–Trinajstić information content (AvgIpc) is 2.83. The lowest BCUT2D eigenvalue weighted by atomic mass is 10.2. The summed E-state index contributed by atoms with van der Waals surface area (Å²) in [7, 11) is 4.14. The highest BCUT2D eigenvalue weighted by Crippen LogP contribution is 2.22. The molecule has 0 amide bonds. The maximum Gasteiger partial charge on any atom is 0.160 e. The van der Waals surface area contributed by atoms with Crippen LogP contribution in [-0.2, 0) is 13.1 Å². The standard InChI is InChI=1S/C18H21ClN4/c1-13-17(12-22(2)3)23-10-6-9-16(18(23)21-13)20-11-14-7-4-5-8-15(14)19/h4-10,20H,11-12H2,1-3H3. The van der Waals surface area contributed by atoms with Crippen LogP contribution in [0.5, 0.6) is 0 Å². The fourth-order valence-electron chi connectivity index (χ4n) is 2.69. The van der Waals surface area contributed by atoms with Crippen molar-refractivity contribution in [3.05, 3.63) is 64.6 Å². The molecule has 4 nitrogen and oxygen atoms in total. The van der Waals surface area contributed by atoms with Gasteiger partial charge in [-0.1, -0.05) is 29.8 Å². The van der Waals surface area contributed by atoms with Crippen molar-refractivity contribution >= 4 is 22.9 Å². The average molecular weight is 329 g/mol. The number of halogens is 1. The zero-order chi connectivity index (χ0) is 16.4. The van der Waals surface area contributed by atoms with Gasteiger partial charge in [0.2, 0.25) is 0 Å². The molecule has 0 fully saturated rings. The van der Waals surface area contributed by atoms with Crippen LogP contribution < -0.4 is 5.32 Å². The molecule has 23 heavy (non-hydrogen) atoms. The van der Waals surface area contributed by atoms with Gasteiger partial charge in [0, 0.05) is 24.3 Å². The highest BCUT2D eigenvalue weighted by Gasteiger charge is 2.12. The zero-order valence-electron chi connectivity index (χ0n) is 13.7. The summed E-state index contributed by atoms with van der Waals surface area (Å²) in [5, 5.41) is 4.23. The predicted octanol–water partition coefficient (Wildman–Crippen LogP) is 3.97. The number of aromatic nitrogens is 2. The fourth-order valence-corrected chi connectivity index (χ4v) is 2.89. The van der Waals surface area contributed by atoms with Crippen LogP contribution in [-0.4, -0.2) is 28.4 Å². The maximum atomic E-state index is 6.23. The topological polar surface area (TPSA) is 32.6 Å². The second-order valence-electron chi connectivity index (χ2n) is 5.94. The van der Waals surface area contributed by atoms with Crippen LogP contribution in [0.2, 0.25) is 5.02 Å². The zero-order valence-corrected chi connectivity index (χ0v) is 14.4. The SMILES string of the molecule is Cc1nc2c(NCc3ccccc3Cl)cccn2c1CN(C)C. The summed E-state index contributed by atoms with van der Waals surface area (Å²) in [5.41, 5.74) is 5.32. The summed E-state index contributed by atoms with van der Waals surface area (Å²) in [6, 6.07) is 12.0. The maximum absolute atomic E-state index is 6.23. The van der Waals surface area contributed by atoms with E-state index in [1.807, 2.05) is 30.3 Å². The molecule has 1 N–H and O–H groups in total. The quantitative estimate of drug-likeness (QED) is 0.769. The molecule has 5 heteroatoms. The van der Waals surface area contributed by atoms with E-state index in [9.17, 15) is 0 Å². The van der Waals surface area contributed by atoms with E-state index >= 15 is 0 Å². The first-order chi connectivity index (χ1) is 11.1. The van der Waals surface area contributed by atoms with Gasteiger partial charge < -0.3 is 14.6 Å². The number of benzene rings is 1. The number of fused-ring (bicyclic) bond motifs is 1. The molecule has 0 bridgehead atoms. The minimum Gasteiger partial charge on any atom is -0.378 e. The third-order valence-corrected chi connectivity index (χ3v) is 4.21. The molecule has 0 aliphatic heterocycles. The van der Waals surface area contributed by atoms with Crippen LogP contribution >= 0.6 is 11.6 Å². The van der Waals surface area contributed by atoms with E-state index in [1.165, 1.54) is 5.69 Å². The van der Waals surface area contributed by atoms with E-state index in [-0.39, 0.29) is 0 Å². The lowest BCUT2D eigenvalue weighted by molar-refractivity contribution is 0.394. The number of nitrogens with one attached hydrogen (secondary N) is 1. The summed E-state index contributed by atoms with van der Waals surface area (Å²) in [6.45, 7) is 3.60. The number of hydrogen-bond donors (Lipinski definition) is 1. The van der Waals surface area contributed by atoms with Gasteiger partial charge in [0.1, 0.15) is 0 Å². The monoisotopic (exact) mass is 328 g/mol. The third-order valence-electron chi connectivity index (χ3n) is 3.84. The van der Waals surface area contributed by atoms with Gasteiger partial charge in [-0.15, -0.1) is 0 Å². The smallest absolute Gasteiger partial charge is 0.160 e. The van der Waals surface area contributed by atoms with Crippen molar-refractivity contribution < 1.29 is 0 Å². The Morgan fingerprint density at radius 1 is 1.17 bits per heavy atom.